The van der Waals surface area contributed by atoms with Gasteiger partial charge in [0.25, 0.3) is 5.69 Å². The molecule has 0 bridgehead atoms. The summed E-state index contributed by atoms with van der Waals surface area (Å²) in [6.07, 6.45) is 1.71. The second kappa shape index (κ2) is 10.3. The minimum absolute atomic E-state index is 0.00161. The Labute approximate surface area is 223 Å². The molecule has 0 unspecified atom stereocenters. The molecule has 3 heterocycles. The number of furan rings is 1. The lowest BCUT2D eigenvalue weighted by Gasteiger charge is -2.27. The number of ether oxygens (including phenoxy) is 1. The highest BCUT2D eigenvalue weighted by atomic mass is 32.1. The Balaban J connectivity index is 1.58. The zero-order valence-electron chi connectivity index (χ0n) is 20.5. The number of methoxy groups -OCH3 is 1. The molecule has 1 amide bonds. The number of anilines is 2. The third kappa shape index (κ3) is 4.78. The number of nitrogens with one attached hydrogen (secondary N) is 2. The maximum atomic E-state index is 11.8. The van der Waals surface area contributed by atoms with Crippen molar-refractivity contribution >= 4 is 40.3 Å². The predicted molar refractivity (Wildman–Crippen MR) is 146 cm³/mol. The van der Waals surface area contributed by atoms with E-state index in [1.165, 1.54) is 26.2 Å². The number of carbonyl (C=O) groups excluding carboxylic acids is 1. The number of nitrogens with zero attached hydrogens (tertiary/aromatic N) is 3. The van der Waals surface area contributed by atoms with E-state index in [4.69, 9.17) is 21.4 Å². The number of thiocarbonyl (C=S) groups is 1. The highest BCUT2D eigenvalue weighted by Crippen LogP contribution is 2.44. The fourth-order valence-corrected chi connectivity index (χ4v) is 4.82. The number of amides is 1. The van der Waals surface area contributed by atoms with Crippen molar-refractivity contribution in [2.24, 2.45) is 0 Å². The molecule has 11 heteroatoms. The Bertz CT molecular complexity index is 1510. The van der Waals surface area contributed by atoms with Crippen LogP contribution < -0.4 is 20.3 Å². The van der Waals surface area contributed by atoms with Gasteiger partial charge in [-0.2, -0.15) is 0 Å². The molecular weight excluding hydrogens is 506 g/mol. The van der Waals surface area contributed by atoms with Crippen LogP contribution in [0, 0.1) is 10.1 Å². The highest BCUT2D eigenvalue weighted by Gasteiger charge is 2.42. The Kier molecular flexibility index (Phi) is 6.75. The number of hydrogen-bond acceptors (Lipinski definition) is 7. The molecule has 4 aromatic rings. The van der Waals surface area contributed by atoms with Crippen LogP contribution in [0.1, 0.15) is 30.5 Å². The largest absolute Gasteiger partial charge is 0.495 e. The predicted octanol–water partition coefficient (Wildman–Crippen LogP) is 5.39. The topological polar surface area (TPSA) is 123 Å². The molecule has 192 valence electrons. The van der Waals surface area contributed by atoms with Crippen LogP contribution in [0.2, 0.25) is 0 Å². The minimum atomic E-state index is -0.443. The average molecular weight is 530 g/mol. The number of nitro benzene ring substituents is 1. The number of hydrogen-bond donors (Lipinski definition) is 2. The summed E-state index contributed by atoms with van der Waals surface area (Å²) >= 11 is 5.77. The van der Waals surface area contributed by atoms with Crippen molar-refractivity contribution < 1.29 is 18.9 Å². The van der Waals surface area contributed by atoms with E-state index in [1.807, 2.05) is 41.3 Å². The van der Waals surface area contributed by atoms with E-state index in [0.29, 0.717) is 39.3 Å². The molecule has 2 atom stereocenters. The lowest BCUT2D eigenvalue weighted by Crippen LogP contribution is -2.29. The number of non-ortho nitro benzene ring substituents is 1. The van der Waals surface area contributed by atoms with Crippen molar-refractivity contribution in [1.82, 2.24) is 10.3 Å². The summed E-state index contributed by atoms with van der Waals surface area (Å²) in [6, 6.07) is 20.1. The summed E-state index contributed by atoms with van der Waals surface area (Å²) in [4.78, 5) is 28.9. The van der Waals surface area contributed by atoms with Crippen molar-refractivity contribution in [1.29, 1.82) is 0 Å². The molecule has 0 radical (unpaired) electrons. The fourth-order valence-electron chi connectivity index (χ4n) is 4.47. The van der Waals surface area contributed by atoms with E-state index in [-0.39, 0.29) is 17.6 Å². The highest BCUT2D eigenvalue weighted by molar-refractivity contribution is 7.80. The molecule has 2 aromatic heterocycles. The van der Waals surface area contributed by atoms with Gasteiger partial charge >= 0.3 is 0 Å². The van der Waals surface area contributed by atoms with Gasteiger partial charge in [0.05, 0.1) is 29.5 Å². The van der Waals surface area contributed by atoms with Gasteiger partial charge in [0.1, 0.15) is 23.3 Å². The second-order valence-electron chi connectivity index (χ2n) is 8.57. The quantitative estimate of drug-likeness (QED) is 0.184. The van der Waals surface area contributed by atoms with E-state index < -0.39 is 11.0 Å². The van der Waals surface area contributed by atoms with Crippen LogP contribution in [-0.4, -0.2) is 28.0 Å². The maximum absolute atomic E-state index is 11.8. The summed E-state index contributed by atoms with van der Waals surface area (Å²) in [5, 5.41) is 17.7. The number of rotatable bonds is 7. The summed E-state index contributed by atoms with van der Waals surface area (Å²) in [5.74, 6) is 1.45. The Hall–Kier alpha value is -4.77. The average Bonchev–Trinajstić information content (AvgIpc) is 3.53. The van der Waals surface area contributed by atoms with Gasteiger partial charge in [0.2, 0.25) is 5.91 Å². The van der Waals surface area contributed by atoms with Gasteiger partial charge in [-0.3, -0.25) is 19.9 Å². The molecular formula is C27H23N5O5S. The Morgan fingerprint density at radius 2 is 1.95 bits per heavy atom. The maximum Gasteiger partial charge on any atom is 0.269 e. The van der Waals surface area contributed by atoms with Crippen LogP contribution in [0.15, 0.2) is 83.4 Å². The molecule has 38 heavy (non-hydrogen) atoms. The zero-order chi connectivity index (χ0) is 26.8. The van der Waals surface area contributed by atoms with Crippen LogP contribution in [0.25, 0.3) is 11.3 Å². The number of carbonyl (C=O) groups is 1. The van der Waals surface area contributed by atoms with Gasteiger partial charge in [-0.15, -0.1) is 0 Å². The number of benzene rings is 2. The summed E-state index contributed by atoms with van der Waals surface area (Å²) in [5.41, 5.74) is 2.69. The van der Waals surface area contributed by atoms with Crippen molar-refractivity contribution in [3.05, 3.63) is 101 Å². The molecule has 0 saturated carbocycles. The molecule has 0 aliphatic carbocycles. The van der Waals surface area contributed by atoms with Gasteiger partial charge < -0.3 is 24.7 Å². The number of pyridine rings is 1. The smallest absolute Gasteiger partial charge is 0.269 e. The van der Waals surface area contributed by atoms with Gasteiger partial charge in [0.15, 0.2) is 5.11 Å². The van der Waals surface area contributed by atoms with E-state index in [0.717, 1.165) is 5.69 Å². The first kappa shape index (κ1) is 24.9. The molecule has 0 spiro atoms. The van der Waals surface area contributed by atoms with Crippen LogP contribution in [0.5, 0.6) is 5.75 Å². The van der Waals surface area contributed by atoms with Crippen molar-refractivity contribution in [3.63, 3.8) is 0 Å². The Morgan fingerprint density at radius 3 is 2.61 bits per heavy atom. The summed E-state index contributed by atoms with van der Waals surface area (Å²) < 4.78 is 11.7. The van der Waals surface area contributed by atoms with E-state index in [1.54, 1.807) is 30.5 Å². The molecule has 10 nitrogen and oxygen atoms in total. The fraction of sp³-hybridized carbons (Fsp3) is 0.148. The SMILES string of the molecule is COc1ccc(N2C(=S)N[C@H](c3ccccn3)[C@H]2c2ccc(-c3ccc([N+](=O)[O-])cc3)o2)cc1NC(C)=O. The summed E-state index contributed by atoms with van der Waals surface area (Å²) in [7, 11) is 1.53. The van der Waals surface area contributed by atoms with Crippen molar-refractivity contribution in [3.8, 4) is 17.1 Å². The first-order chi connectivity index (χ1) is 18.4. The van der Waals surface area contributed by atoms with E-state index in [9.17, 15) is 14.9 Å². The lowest BCUT2D eigenvalue weighted by molar-refractivity contribution is -0.384. The monoisotopic (exact) mass is 529 g/mol. The molecule has 1 saturated heterocycles. The zero-order valence-corrected chi connectivity index (χ0v) is 21.3. The number of aromatic nitrogens is 1. The third-order valence-electron chi connectivity index (χ3n) is 6.15. The molecule has 5 rings (SSSR count). The molecule has 1 fully saturated rings. The van der Waals surface area contributed by atoms with Crippen LogP contribution in [0.4, 0.5) is 17.1 Å². The molecule has 1 aliphatic heterocycles. The van der Waals surface area contributed by atoms with Gasteiger partial charge in [-0.1, -0.05) is 6.07 Å². The molecule has 2 aromatic carbocycles. The van der Waals surface area contributed by atoms with Crippen LogP contribution in [-0.2, 0) is 4.79 Å². The first-order valence-electron chi connectivity index (χ1n) is 11.7. The Morgan fingerprint density at radius 1 is 1.16 bits per heavy atom. The van der Waals surface area contributed by atoms with Crippen molar-refractivity contribution in [2.45, 2.75) is 19.0 Å². The number of nitro groups is 1. The first-order valence-corrected chi connectivity index (χ1v) is 12.1. The second-order valence-corrected chi connectivity index (χ2v) is 8.96. The van der Waals surface area contributed by atoms with E-state index in [2.05, 4.69) is 15.6 Å². The van der Waals surface area contributed by atoms with Gasteiger partial charge in [0, 0.05) is 36.5 Å². The van der Waals surface area contributed by atoms with Crippen LogP contribution in [0.3, 0.4) is 0 Å². The molecule has 2 N–H and O–H groups in total. The third-order valence-corrected chi connectivity index (χ3v) is 6.47. The van der Waals surface area contributed by atoms with Crippen LogP contribution >= 0.6 is 12.2 Å². The van der Waals surface area contributed by atoms with Crippen molar-refractivity contribution in [2.75, 3.05) is 17.3 Å². The van der Waals surface area contributed by atoms with Gasteiger partial charge in [-0.05, 0) is 66.8 Å². The lowest BCUT2D eigenvalue weighted by atomic mass is 10.0. The normalized spacial score (nSPS) is 16.7. The minimum Gasteiger partial charge on any atom is -0.495 e. The van der Waals surface area contributed by atoms with Gasteiger partial charge in [-0.25, -0.2) is 0 Å². The van der Waals surface area contributed by atoms with E-state index >= 15 is 0 Å². The summed E-state index contributed by atoms with van der Waals surface area (Å²) in [6.45, 7) is 1.43. The standard InChI is InChI=1S/C27H23N5O5S/c1-16(33)29-21-15-19(10-11-23(21)36-2)31-26(25(30-27(31)38)20-5-3-4-14-28-20)24-13-12-22(37-24)17-6-8-18(9-7-17)32(34)35/h3-15,25-26H,1-2H3,(H,29,33)(H,30,38)/t25-,26-/m1/s1. The molecule has 1 aliphatic rings.